The Morgan fingerprint density at radius 2 is 2.21 bits per heavy atom. The molecule has 1 aliphatic rings. The van der Waals surface area contributed by atoms with Crippen LogP contribution in [0.25, 0.3) is 0 Å². The molecule has 1 atom stereocenters. The molecule has 1 aliphatic heterocycles. The van der Waals surface area contributed by atoms with E-state index in [0.717, 1.165) is 41.7 Å². The van der Waals surface area contributed by atoms with Gasteiger partial charge in [-0.3, -0.25) is 9.78 Å². The minimum absolute atomic E-state index is 0.0238. The number of aromatic nitrogens is 3. The molecule has 2 aromatic heterocycles. The van der Waals surface area contributed by atoms with Crippen molar-refractivity contribution in [3.05, 3.63) is 41.3 Å². The van der Waals surface area contributed by atoms with Crippen LogP contribution in [0.3, 0.4) is 0 Å². The summed E-state index contributed by atoms with van der Waals surface area (Å²) >= 11 is 1.61. The van der Waals surface area contributed by atoms with Gasteiger partial charge in [-0.05, 0) is 32.8 Å². The Balaban J connectivity index is 1.83. The smallest absolute Gasteiger partial charge is 0.245 e. The van der Waals surface area contributed by atoms with E-state index >= 15 is 0 Å². The number of likely N-dealkylation sites (tertiary alicyclic amines) is 1. The monoisotopic (exact) mass is 343 g/mol. The van der Waals surface area contributed by atoms with Gasteiger partial charge in [-0.15, -0.1) is 11.3 Å². The van der Waals surface area contributed by atoms with Gasteiger partial charge < -0.3 is 10.2 Å². The molecule has 1 fully saturated rings. The van der Waals surface area contributed by atoms with Crippen LogP contribution in [0.4, 0.5) is 10.9 Å². The first kappa shape index (κ1) is 16.6. The van der Waals surface area contributed by atoms with E-state index < -0.39 is 0 Å². The van der Waals surface area contributed by atoms with E-state index in [1.165, 1.54) is 11.0 Å². The lowest BCUT2D eigenvalue weighted by molar-refractivity contribution is -0.127. The third kappa shape index (κ3) is 3.46. The summed E-state index contributed by atoms with van der Waals surface area (Å²) in [6, 6.07) is 0. The molecule has 0 radical (unpaired) electrons. The molecule has 0 aromatic carbocycles. The number of piperidine rings is 1. The fraction of sp³-hybridized carbons (Fsp3) is 0.412. The van der Waals surface area contributed by atoms with Gasteiger partial charge in [0.1, 0.15) is 0 Å². The summed E-state index contributed by atoms with van der Waals surface area (Å²) in [7, 11) is 0. The van der Waals surface area contributed by atoms with Crippen LogP contribution < -0.4 is 5.32 Å². The highest BCUT2D eigenvalue weighted by Crippen LogP contribution is 2.32. The minimum Gasteiger partial charge on any atom is -0.339 e. The van der Waals surface area contributed by atoms with Crippen molar-refractivity contribution in [1.82, 2.24) is 19.9 Å². The Morgan fingerprint density at radius 1 is 1.42 bits per heavy atom. The minimum atomic E-state index is -0.0238. The number of rotatable bonds is 4. The van der Waals surface area contributed by atoms with Gasteiger partial charge in [-0.1, -0.05) is 6.58 Å². The zero-order valence-corrected chi connectivity index (χ0v) is 14.8. The van der Waals surface area contributed by atoms with Crippen LogP contribution in [0.1, 0.15) is 35.0 Å². The topological polar surface area (TPSA) is 71.0 Å². The number of hydrogen-bond acceptors (Lipinski definition) is 6. The van der Waals surface area contributed by atoms with Gasteiger partial charge in [0, 0.05) is 36.3 Å². The van der Waals surface area contributed by atoms with Crippen molar-refractivity contribution in [3.8, 4) is 0 Å². The molecule has 0 saturated carbocycles. The second-order valence-corrected chi connectivity index (χ2v) is 7.11. The molecule has 3 heterocycles. The van der Waals surface area contributed by atoms with Crippen molar-refractivity contribution in [2.24, 2.45) is 0 Å². The maximum Gasteiger partial charge on any atom is 0.245 e. The van der Waals surface area contributed by atoms with E-state index in [2.05, 4.69) is 33.8 Å². The van der Waals surface area contributed by atoms with E-state index in [9.17, 15) is 4.79 Å². The van der Waals surface area contributed by atoms with Crippen molar-refractivity contribution in [2.75, 3.05) is 18.4 Å². The van der Waals surface area contributed by atoms with Crippen LogP contribution >= 0.6 is 11.3 Å². The highest BCUT2D eigenvalue weighted by Gasteiger charge is 2.27. The molecule has 0 unspecified atom stereocenters. The van der Waals surface area contributed by atoms with Gasteiger partial charge in [-0.25, -0.2) is 9.97 Å². The normalized spacial score (nSPS) is 17.6. The maximum atomic E-state index is 11.9. The second kappa shape index (κ2) is 7.09. The molecule has 0 bridgehead atoms. The first-order chi connectivity index (χ1) is 11.6. The number of anilines is 2. The Labute approximate surface area is 145 Å². The van der Waals surface area contributed by atoms with Crippen molar-refractivity contribution in [1.29, 1.82) is 0 Å². The molecule has 0 spiro atoms. The average Bonchev–Trinajstić information content (AvgIpc) is 2.92. The molecule has 0 aliphatic carbocycles. The summed E-state index contributed by atoms with van der Waals surface area (Å²) in [6.07, 6.45) is 6.70. The summed E-state index contributed by atoms with van der Waals surface area (Å²) in [5.74, 6) is 0.870. The molecular formula is C17H21N5OS. The standard InChI is InChI=1S/C17H21N5OS/c1-4-14(23)22-9-5-6-13(10-22)15-16(19-8-7-18-15)21-17-20-11(2)12(3)24-17/h4,7-8,13H,1,5-6,9-10H2,2-3H3,(H,19,20,21)/t13-/m1/s1. The lowest BCUT2D eigenvalue weighted by Crippen LogP contribution is -2.38. The molecule has 6 nitrogen and oxygen atoms in total. The van der Waals surface area contributed by atoms with Crippen LogP contribution in [-0.2, 0) is 4.79 Å². The molecule has 3 rings (SSSR count). The van der Waals surface area contributed by atoms with Crippen molar-refractivity contribution in [3.63, 3.8) is 0 Å². The van der Waals surface area contributed by atoms with Crippen LogP contribution in [0.2, 0.25) is 0 Å². The molecular weight excluding hydrogens is 322 g/mol. The van der Waals surface area contributed by atoms with Crippen LogP contribution in [0, 0.1) is 13.8 Å². The van der Waals surface area contributed by atoms with Gasteiger partial charge >= 0.3 is 0 Å². The second-order valence-electron chi connectivity index (χ2n) is 5.90. The summed E-state index contributed by atoms with van der Waals surface area (Å²) in [4.78, 5) is 28.4. The predicted octanol–water partition coefficient (Wildman–Crippen LogP) is 3.19. The number of nitrogens with zero attached hydrogens (tertiary/aromatic N) is 4. The average molecular weight is 343 g/mol. The highest BCUT2D eigenvalue weighted by molar-refractivity contribution is 7.15. The van der Waals surface area contributed by atoms with E-state index in [-0.39, 0.29) is 11.8 Å². The van der Waals surface area contributed by atoms with Gasteiger partial charge in [0.15, 0.2) is 10.9 Å². The zero-order valence-electron chi connectivity index (χ0n) is 14.0. The number of thiazole rings is 1. The van der Waals surface area contributed by atoms with E-state index in [1.807, 2.05) is 11.8 Å². The summed E-state index contributed by atoms with van der Waals surface area (Å²) < 4.78 is 0. The fourth-order valence-corrected chi connectivity index (χ4v) is 3.71. The summed E-state index contributed by atoms with van der Waals surface area (Å²) in [5, 5.41) is 4.12. The number of nitrogens with one attached hydrogen (secondary N) is 1. The third-order valence-corrected chi connectivity index (χ3v) is 5.26. The third-order valence-electron chi connectivity index (χ3n) is 4.27. The molecule has 1 amide bonds. The zero-order chi connectivity index (χ0) is 17.1. The molecule has 7 heteroatoms. The number of hydrogen-bond donors (Lipinski definition) is 1. The molecule has 1 N–H and O–H groups in total. The number of carbonyl (C=O) groups excluding carboxylic acids is 1. The Morgan fingerprint density at radius 3 is 2.92 bits per heavy atom. The largest absolute Gasteiger partial charge is 0.339 e. The van der Waals surface area contributed by atoms with Crippen LogP contribution in [-0.4, -0.2) is 38.8 Å². The van der Waals surface area contributed by atoms with E-state index in [0.29, 0.717) is 6.54 Å². The first-order valence-corrected chi connectivity index (χ1v) is 8.83. The molecule has 24 heavy (non-hydrogen) atoms. The lowest BCUT2D eigenvalue weighted by atomic mass is 9.94. The fourth-order valence-electron chi connectivity index (χ4n) is 2.90. The number of carbonyl (C=O) groups is 1. The quantitative estimate of drug-likeness (QED) is 0.863. The van der Waals surface area contributed by atoms with Gasteiger partial charge in [0.2, 0.25) is 5.91 Å². The lowest BCUT2D eigenvalue weighted by Gasteiger charge is -2.32. The maximum absolute atomic E-state index is 11.9. The summed E-state index contributed by atoms with van der Waals surface area (Å²) in [5.41, 5.74) is 1.91. The Kier molecular flexibility index (Phi) is 4.89. The van der Waals surface area contributed by atoms with Crippen LogP contribution in [0.5, 0.6) is 0 Å². The Bertz CT molecular complexity index is 738. The highest BCUT2D eigenvalue weighted by atomic mass is 32.1. The first-order valence-electron chi connectivity index (χ1n) is 8.01. The summed E-state index contributed by atoms with van der Waals surface area (Å²) in [6.45, 7) is 9.04. The van der Waals surface area contributed by atoms with E-state index in [1.54, 1.807) is 23.7 Å². The van der Waals surface area contributed by atoms with Gasteiger partial charge in [0.25, 0.3) is 0 Å². The number of aryl methyl sites for hydroxylation is 2. The van der Waals surface area contributed by atoms with Crippen LogP contribution in [0.15, 0.2) is 25.0 Å². The van der Waals surface area contributed by atoms with Crippen molar-refractivity contribution >= 4 is 28.2 Å². The van der Waals surface area contributed by atoms with Gasteiger partial charge in [-0.2, -0.15) is 0 Å². The molecule has 1 saturated heterocycles. The van der Waals surface area contributed by atoms with Crippen molar-refractivity contribution < 1.29 is 4.79 Å². The Hall–Kier alpha value is -2.28. The molecule has 2 aromatic rings. The van der Waals surface area contributed by atoms with E-state index in [4.69, 9.17) is 0 Å². The van der Waals surface area contributed by atoms with Crippen molar-refractivity contribution in [2.45, 2.75) is 32.6 Å². The SMILES string of the molecule is C=CC(=O)N1CCC[C@@H](c2nccnc2Nc2nc(C)c(C)s2)C1. The predicted molar refractivity (Wildman–Crippen MR) is 95.7 cm³/mol. The molecule has 126 valence electrons. The number of amides is 1. The van der Waals surface area contributed by atoms with Gasteiger partial charge in [0.05, 0.1) is 11.4 Å².